The van der Waals surface area contributed by atoms with Gasteiger partial charge in [-0.2, -0.15) is 0 Å². The number of pyridine rings is 1. The van der Waals surface area contributed by atoms with Gasteiger partial charge in [0, 0.05) is 6.20 Å². The topological polar surface area (TPSA) is 90.4 Å². The van der Waals surface area contributed by atoms with E-state index >= 15 is 0 Å². The zero-order valence-electron chi connectivity index (χ0n) is 10.8. The van der Waals surface area contributed by atoms with Crippen molar-refractivity contribution < 1.29 is 19.5 Å². The van der Waals surface area contributed by atoms with Gasteiger partial charge >= 0.3 is 0 Å². The molecule has 21 heavy (non-hydrogen) atoms. The van der Waals surface area contributed by atoms with Gasteiger partial charge in [-0.3, -0.25) is 19.5 Å². The molecule has 104 valence electrons. The monoisotopic (exact) mass is 281 g/mol. The smallest absolute Gasteiger partial charge is 0.280 e. The summed E-state index contributed by atoms with van der Waals surface area (Å²) in [6.07, 6.45) is 1.46. The highest BCUT2D eigenvalue weighted by atomic mass is 16.4. The van der Waals surface area contributed by atoms with Gasteiger partial charge in [0.05, 0.1) is 18.1 Å². The Morgan fingerprint density at radius 2 is 1.81 bits per heavy atom. The summed E-state index contributed by atoms with van der Waals surface area (Å²) in [7, 11) is 0. The Morgan fingerprint density at radius 3 is 2.43 bits per heavy atom. The molecule has 1 aliphatic rings. The molecule has 6 nitrogen and oxygen atoms in total. The summed E-state index contributed by atoms with van der Waals surface area (Å²) in [6.45, 7) is 0.0708. The van der Waals surface area contributed by atoms with E-state index in [9.17, 15) is 19.5 Å². The number of carbonyl (C=O) groups excluding carboxylic acids is 3. The minimum atomic E-state index is -1.27. The lowest BCUT2D eigenvalue weighted by molar-refractivity contribution is -0.255. The number of imide groups is 1. The zero-order valence-corrected chi connectivity index (χ0v) is 10.8. The highest BCUT2D eigenvalue weighted by molar-refractivity contribution is 6.20. The molecule has 0 bridgehead atoms. The second kappa shape index (κ2) is 4.82. The number of hydrogen-bond acceptors (Lipinski definition) is 5. The lowest BCUT2D eigenvalue weighted by Gasteiger charge is -2.14. The number of aromatic carboxylic acids is 1. The lowest BCUT2D eigenvalue weighted by Crippen LogP contribution is -2.29. The van der Waals surface area contributed by atoms with E-state index in [4.69, 9.17) is 0 Å². The van der Waals surface area contributed by atoms with Gasteiger partial charge in [0.2, 0.25) is 0 Å². The number of benzene rings is 1. The Labute approximate surface area is 119 Å². The first kappa shape index (κ1) is 13.0. The van der Waals surface area contributed by atoms with Gasteiger partial charge in [0.25, 0.3) is 11.8 Å². The third-order valence-corrected chi connectivity index (χ3v) is 3.26. The number of carbonyl (C=O) groups is 3. The molecule has 0 spiro atoms. The van der Waals surface area contributed by atoms with Crippen molar-refractivity contribution in [3.05, 3.63) is 65.0 Å². The van der Waals surface area contributed by atoms with E-state index in [1.807, 2.05) is 0 Å². The number of fused-ring (bicyclic) bond motifs is 1. The fourth-order valence-corrected chi connectivity index (χ4v) is 2.19. The molecule has 0 saturated heterocycles. The lowest BCUT2D eigenvalue weighted by atomic mass is 10.1. The molecule has 0 unspecified atom stereocenters. The Hall–Kier alpha value is -3.02. The van der Waals surface area contributed by atoms with Crippen molar-refractivity contribution in [1.29, 1.82) is 0 Å². The van der Waals surface area contributed by atoms with Gasteiger partial charge in [-0.1, -0.05) is 24.3 Å². The minimum Gasteiger partial charge on any atom is -0.545 e. The Bertz CT molecular complexity index is 718. The summed E-state index contributed by atoms with van der Waals surface area (Å²) in [6, 6.07) is 9.00. The third kappa shape index (κ3) is 2.16. The quantitative estimate of drug-likeness (QED) is 0.752. The molecule has 2 amide bonds. The van der Waals surface area contributed by atoms with Crippen LogP contribution < -0.4 is 5.11 Å². The Balaban J connectivity index is 1.85. The molecule has 0 atom stereocenters. The van der Waals surface area contributed by atoms with Crippen LogP contribution in [0.2, 0.25) is 0 Å². The van der Waals surface area contributed by atoms with Gasteiger partial charge in [-0.05, 0) is 23.3 Å². The van der Waals surface area contributed by atoms with Crippen LogP contribution in [0, 0.1) is 0 Å². The van der Waals surface area contributed by atoms with Crippen molar-refractivity contribution in [2.75, 3.05) is 0 Å². The molecule has 0 saturated carbocycles. The van der Waals surface area contributed by atoms with Crippen molar-refractivity contribution in [2.24, 2.45) is 0 Å². The number of carboxylic acids is 1. The first-order valence-electron chi connectivity index (χ1n) is 6.19. The highest BCUT2D eigenvalue weighted by Crippen LogP contribution is 2.22. The van der Waals surface area contributed by atoms with E-state index in [-0.39, 0.29) is 23.4 Å². The standard InChI is InChI=1S/C15H10N2O4/c18-13-11-2-1-7-16-12(11)14(19)17(13)8-9-3-5-10(6-4-9)15(20)21/h1-7H,8H2,(H,20,21)/p-1. The normalized spacial score (nSPS) is 13.4. The van der Waals surface area contributed by atoms with Crippen LogP contribution in [-0.2, 0) is 6.54 Å². The molecule has 1 aromatic carbocycles. The molecule has 2 heterocycles. The average molecular weight is 281 g/mol. The maximum atomic E-state index is 12.1. The predicted octanol–water partition coefficient (Wildman–Crippen LogP) is 0.241. The number of aromatic nitrogens is 1. The summed E-state index contributed by atoms with van der Waals surface area (Å²) >= 11 is 0. The summed E-state index contributed by atoms with van der Waals surface area (Å²) in [5, 5.41) is 10.7. The van der Waals surface area contributed by atoms with Gasteiger partial charge in [-0.25, -0.2) is 0 Å². The van der Waals surface area contributed by atoms with Crippen LogP contribution >= 0.6 is 0 Å². The fourth-order valence-electron chi connectivity index (χ4n) is 2.19. The summed E-state index contributed by atoms with van der Waals surface area (Å²) < 4.78 is 0. The van der Waals surface area contributed by atoms with Gasteiger partial charge in [0.15, 0.2) is 0 Å². The molecule has 2 aromatic rings. The Morgan fingerprint density at radius 1 is 1.10 bits per heavy atom. The van der Waals surface area contributed by atoms with Crippen LogP contribution in [0.1, 0.15) is 36.8 Å². The van der Waals surface area contributed by atoms with Gasteiger partial charge in [0.1, 0.15) is 5.69 Å². The van der Waals surface area contributed by atoms with Crippen molar-refractivity contribution in [3.8, 4) is 0 Å². The molecule has 0 fully saturated rings. The highest BCUT2D eigenvalue weighted by Gasteiger charge is 2.36. The van der Waals surface area contributed by atoms with Crippen molar-refractivity contribution in [2.45, 2.75) is 6.54 Å². The number of carboxylic acid groups (broad SMARTS) is 1. The molecular formula is C15H9N2O4-. The van der Waals surface area contributed by atoms with E-state index < -0.39 is 17.8 Å². The van der Waals surface area contributed by atoms with E-state index in [1.165, 1.54) is 18.3 Å². The van der Waals surface area contributed by atoms with Crippen LogP contribution in [0.25, 0.3) is 0 Å². The summed E-state index contributed by atoms with van der Waals surface area (Å²) in [5.74, 6) is -2.11. The molecule has 3 rings (SSSR count). The number of hydrogen-bond donors (Lipinski definition) is 0. The van der Waals surface area contributed by atoms with E-state index in [2.05, 4.69) is 4.98 Å². The number of nitrogens with zero attached hydrogens (tertiary/aromatic N) is 2. The minimum absolute atomic E-state index is 0.0442. The average Bonchev–Trinajstić information content (AvgIpc) is 2.73. The maximum absolute atomic E-state index is 12.1. The molecule has 0 radical (unpaired) electrons. The molecule has 6 heteroatoms. The van der Waals surface area contributed by atoms with Crippen LogP contribution in [-0.4, -0.2) is 27.7 Å². The molecule has 1 aromatic heterocycles. The van der Waals surface area contributed by atoms with Gasteiger partial charge in [-0.15, -0.1) is 0 Å². The van der Waals surface area contributed by atoms with Crippen molar-refractivity contribution >= 4 is 17.8 Å². The second-order valence-electron chi connectivity index (χ2n) is 4.58. The largest absolute Gasteiger partial charge is 0.545 e. The van der Waals surface area contributed by atoms with Crippen molar-refractivity contribution in [1.82, 2.24) is 9.88 Å². The summed E-state index contributed by atoms with van der Waals surface area (Å²) in [4.78, 5) is 40.0. The second-order valence-corrected chi connectivity index (χ2v) is 4.58. The maximum Gasteiger partial charge on any atom is 0.280 e. The van der Waals surface area contributed by atoms with E-state index in [1.54, 1.807) is 24.3 Å². The van der Waals surface area contributed by atoms with Crippen LogP contribution in [0.5, 0.6) is 0 Å². The predicted molar refractivity (Wildman–Crippen MR) is 69.2 cm³/mol. The molecular weight excluding hydrogens is 272 g/mol. The SMILES string of the molecule is O=C([O-])c1ccc(CN2C(=O)c3cccnc3C2=O)cc1. The molecule has 1 aliphatic heterocycles. The Kier molecular flexibility index (Phi) is 2.98. The zero-order chi connectivity index (χ0) is 15.0. The van der Waals surface area contributed by atoms with Gasteiger partial charge < -0.3 is 9.90 Å². The summed E-state index contributed by atoms with van der Waals surface area (Å²) in [5.41, 5.74) is 1.12. The first-order chi connectivity index (χ1) is 10.1. The van der Waals surface area contributed by atoms with E-state index in [0.717, 1.165) is 4.90 Å². The van der Waals surface area contributed by atoms with Crippen LogP contribution in [0.15, 0.2) is 42.6 Å². The van der Waals surface area contributed by atoms with Crippen LogP contribution in [0.4, 0.5) is 0 Å². The fraction of sp³-hybridized carbons (Fsp3) is 0.0667. The van der Waals surface area contributed by atoms with Crippen LogP contribution in [0.3, 0.4) is 0 Å². The number of amides is 2. The van der Waals surface area contributed by atoms with Crippen molar-refractivity contribution in [3.63, 3.8) is 0 Å². The molecule has 0 aliphatic carbocycles. The third-order valence-electron chi connectivity index (χ3n) is 3.26. The van der Waals surface area contributed by atoms with E-state index in [0.29, 0.717) is 5.56 Å². The molecule has 0 N–H and O–H groups in total. The number of rotatable bonds is 3. The first-order valence-corrected chi connectivity index (χ1v) is 6.19.